The number of hydrogen-bond donors (Lipinski definition) is 0. The molecule has 0 aliphatic carbocycles. The van der Waals surface area contributed by atoms with Crippen LogP contribution in [0.25, 0.3) is 11.3 Å². The summed E-state index contributed by atoms with van der Waals surface area (Å²) in [6.45, 7) is 8.32. The molecule has 3 heterocycles. The first kappa shape index (κ1) is 17.0. The SMILES string of the molecule is CC1CN(C2CCN(c3cccc(-c4cscn4)c3)CC2)CCN1C. The zero-order chi connectivity index (χ0) is 17.2. The molecule has 1 atom stereocenters. The first-order valence-electron chi connectivity index (χ1n) is 9.38. The van der Waals surface area contributed by atoms with E-state index in [1.165, 1.54) is 43.7 Å². The Morgan fingerprint density at radius 3 is 2.68 bits per heavy atom. The smallest absolute Gasteiger partial charge is 0.0811 e. The third-order valence-corrected chi connectivity index (χ3v) is 6.50. The third-order valence-electron chi connectivity index (χ3n) is 5.91. The fourth-order valence-corrected chi connectivity index (χ4v) is 4.68. The van der Waals surface area contributed by atoms with E-state index in [9.17, 15) is 0 Å². The van der Waals surface area contributed by atoms with Gasteiger partial charge in [0.1, 0.15) is 0 Å². The van der Waals surface area contributed by atoms with Crippen molar-refractivity contribution in [3.63, 3.8) is 0 Å². The molecule has 25 heavy (non-hydrogen) atoms. The molecule has 134 valence electrons. The number of piperidine rings is 1. The van der Waals surface area contributed by atoms with Gasteiger partial charge in [-0.3, -0.25) is 4.90 Å². The second-order valence-electron chi connectivity index (χ2n) is 7.47. The van der Waals surface area contributed by atoms with Gasteiger partial charge in [-0.2, -0.15) is 0 Å². The molecule has 0 bridgehead atoms. The highest BCUT2D eigenvalue weighted by Gasteiger charge is 2.29. The molecule has 4 nitrogen and oxygen atoms in total. The van der Waals surface area contributed by atoms with Gasteiger partial charge in [0.05, 0.1) is 11.2 Å². The lowest BCUT2D eigenvalue weighted by Gasteiger charge is -2.45. The van der Waals surface area contributed by atoms with Crippen LogP contribution in [0.3, 0.4) is 0 Å². The van der Waals surface area contributed by atoms with Gasteiger partial charge in [-0.1, -0.05) is 12.1 Å². The molecule has 5 heteroatoms. The number of benzene rings is 1. The van der Waals surface area contributed by atoms with E-state index in [-0.39, 0.29) is 0 Å². The van der Waals surface area contributed by atoms with Crippen molar-refractivity contribution >= 4 is 17.0 Å². The van der Waals surface area contributed by atoms with Crippen LogP contribution < -0.4 is 4.90 Å². The summed E-state index contributed by atoms with van der Waals surface area (Å²) in [6, 6.07) is 10.3. The van der Waals surface area contributed by atoms with Crippen molar-refractivity contribution in [2.24, 2.45) is 0 Å². The minimum Gasteiger partial charge on any atom is -0.371 e. The summed E-state index contributed by atoms with van der Waals surface area (Å²) in [5, 5.41) is 2.12. The van der Waals surface area contributed by atoms with Crippen LogP contribution in [0.2, 0.25) is 0 Å². The normalized spacial score (nSPS) is 23.9. The van der Waals surface area contributed by atoms with Crippen LogP contribution in [0.4, 0.5) is 5.69 Å². The number of thiazole rings is 1. The molecule has 0 spiro atoms. The fourth-order valence-electron chi connectivity index (χ4n) is 4.11. The second kappa shape index (κ2) is 7.44. The fraction of sp³-hybridized carbons (Fsp3) is 0.550. The average molecular weight is 357 g/mol. The molecule has 1 unspecified atom stereocenters. The second-order valence-corrected chi connectivity index (χ2v) is 8.19. The molecule has 4 rings (SSSR count). The van der Waals surface area contributed by atoms with Gasteiger partial charge in [0.25, 0.3) is 0 Å². The number of anilines is 1. The Kier molecular flexibility index (Phi) is 5.06. The summed E-state index contributed by atoms with van der Waals surface area (Å²) in [6.07, 6.45) is 2.55. The predicted octanol–water partition coefficient (Wildman–Crippen LogP) is 3.41. The van der Waals surface area contributed by atoms with E-state index in [1.54, 1.807) is 11.3 Å². The summed E-state index contributed by atoms with van der Waals surface area (Å²) in [5.74, 6) is 0. The zero-order valence-corrected chi connectivity index (χ0v) is 16.1. The molecule has 0 radical (unpaired) electrons. The van der Waals surface area contributed by atoms with Crippen LogP contribution >= 0.6 is 11.3 Å². The molecule has 1 aromatic carbocycles. The van der Waals surface area contributed by atoms with E-state index in [2.05, 4.69) is 63.3 Å². The maximum absolute atomic E-state index is 4.45. The molecule has 0 N–H and O–H groups in total. The Morgan fingerprint density at radius 2 is 1.96 bits per heavy atom. The Labute approximate surface area is 155 Å². The van der Waals surface area contributed by atoms with Gasteiger partial charge in [-0.25, -0.2) is 4.98 Å². The number of aromatic nitrogens is 1. The number of piperazine rings is 1. The lowest BCUT2D eigenvalue weighted by molar-refractivity contribution is 0.0627. The summed E-state index contributed by atoms with van der Waals surface area (Å²) >= 11 is 1.66. The van der Waals surface area contributed by atoms with Crippen LogP contribution in [0.5, 0.6) is 0 Å². The molecule has 0 saturated carbocycles. The molecule has 2 aliphatic rings. The number of hydrogen-bond acceptors (Lipinski definition) is 5. The van der Waals surface area contributed by atoms with Gasteiger partial charge in [0.2, 0.25) is 0 Å². The van der Waals surface area contributed by atoms with Crippen molar-refractivity contribution in [2.45, 2.75) is 31.8 Å². The Morgan fingerprint density at radius 1 is 1.12 bits per heavy atom. The standard InChI is InChI=1S/C20H28N4S/c1-16-13-24(11-10-22(16)2)18-6-8-23(9-7-18)19-5-3-4-17(12-19)20-14-25-15-21-20/h3-5,12,14-16,18H,6-11,13H2,1-2H3. The van der Waals surface area contributed by atoms with Crippen LogP contribution in [0.15, 0.2) is 35.2 Å². The van der Waals surface area contributed by atoms with Crippen LogP contribution in [-0.2, 0) is 0 Å². The first-order chi connectivity index (χ1) is 12.2. The lowest BCUT2D eigenvalue weighted by atomic mass is 10.00. The van der Waals surface area contributed by atoms with E-state index >= 15 is 0 Å². The quantitative estimate of drug-likeness (QED) is 0.840. The van der Waals surface area contributed by atoms with Crippen molar-refractivity contribution in [1.82, 2.24) is 14.8 Å². The summed E-state index contributed by atoms with van der Waals surface area (Å²) in [7, 11) is 2.25. The highest BCUT2D eigenvalue weighted by molar-refractivity contribution is 7.07. The van der Waals surface area contributed by atoms with Gasteiger partial charge >= 0.3 is 0 Å². The zero-order valence-electron chi connectivity index (χ0n) is 15.3. The molecule has 2 aromatic rings. The summed E-state index contributed by atoms with van der Waals surface area (Å²) in [5.41, 5.74) is 5.57. The van der Waals surface area contributed by atoms with Gasteiger partial charge in [0, 0.05) is 61.4 Å². The van der Waals surface area contributed by atoms with Crippen molar-refractivity contribution in [1.29, 1.82) is 0 Å². The van der Waals surface area contributed by atoms with Gasteiger partial charge in [-0.05, 0) is 38.9 Å². The van der Waals surface area contributed by atoms with Gasteiger partial charge in [0.15, 0.2) is 0 Å². The molecule has 1 aromatic heterocycles. The third kappa shape index (κ3) is 3.73. The van der Waals surface area contributed by atoms with E-state index in [4.69, 9.17) is 0 Å². The van der Waals surface area contributed by atoms with Crippen molar-refractivity contribution < 1.29 is 0 Å². The molecule has 2 aliphatic heterocycles. The van der Waals surface area contributed by atoms with Gasteiger partial charge in [-0.15, -0.1) is 11.3 Å². The number of nitrogens with zero attached hydrogens (tertiary/aromatic N) is 4. The predicted molar refractivity (Wildman–Crippen MR) is 106 cm³/mol. The number of likely N-dealkylation sites (N-methyl/N-ethyl adjacent to an activating group) is 1. The molecular weight excluding hydrogens is 328 g/mol. The number of rotatable bonds is 3. The van der Waals surface area contributed by atoms with Gasteiger partial charge < -0.3 is 9.80 Å². The topological polar surface area (TPSA) is 22.6 Å². The van der Waals surface area contributed by atoms with Crippen molar-refractivity contribution in [2.75, 3.05) is 44.7 Å². The minimum atomic E-state index is 0.682. The largest absolute Gasteiger partial charge is 0.371 e. The lowest BCUT2D eigenvalue weighted by Crippen LogP contribution is -2.55. The molecule has 2 fully saturated rings. The average Bonchev–Trinajstić information content (AvgIpc) is 3.19. The van der Waals surface area contributed by atoms with Crippen LogP contribution in [0, 0.1) is 0 Å². The Hall–Kier alpha value is -1.43. The maximum atomic E-state index is 4.45. The summed E-state index contributed by atoms with van der Waals surface area (Å²) < 4.78 is 0. The summed E-state index contributed by atoms with van der Waals surface area (Å²) in [4.78, 5) is 12.2. The molecule has 0 amide bonds. The van der Waals surface area contributed by atoms with E-state index in [0.717, 1.165) is 24.8 Å². The maximum Gasteiger partial charge on any atom is 0.0811 e. The molecule has 2 saturated heterocycles. The van der Waals surface area contributed by atoms with Crippen LogP contribution in [-0.4, -0.2) is 66.6 Å². The highest BCUT2D eigenvalue weighted by Crippen LogP contribution is 2.28. The Bertz CT molecular complexity index is 679. The van der Waals surface area contributed by atoms with E-state index in [0.29, 0.717) is 6.04 Å². The van der Waals surface area contributed by atoms with Crippen molar-refractivity contribution in [3.8, 4) is 11.3 Å². The van der Waals surface area contributed by atoms with Crippen LogP contribution in [0.1, 0.15) is 19.8 Å². The monoisotopic (exact) mass is 356 g/mol. The van der Waals surface area contributed by atoms with E-state index in [1.807, 2.05) is 5.51 Å². The first-order valence-corrected chi connectivity index (χ1v) is 10.3. The minimum absolute atomic E-state index is 0.682. The molecular formula is C20H28N4S. The van der Waals surface area contributed by atoms with E-state index < -0.39 is 0 Å². The Balaban J connectivity index is 1.38. The van der Waals surface area contributed by atoms with Crippen molar-refractivity contribution in [3.05, 3.63) is 35.2 Å². The highest BCUT2D eigenvalue weighted by atomic mass is 32.1.